The van der Waals surface area contributed by atoms with Crippen molar-refractivity contribution in [2.45, 2.75) is 31.7 Å². The van der Waals surface area contributed by atoms with Gasteiger partial charge in [-0.2, -0.15) is 0 Å². The third-order valence-electron chi connectivity index (χ3n) is 4.27. The first kappa shape index (κ1) is 14.0. The van der Waals surface area contributed by atoms with Crippen LogP contribution in [0.2, 0.25) is 0 Å². The van der Waals surface area contributed by atoms with E-state index in [2.05, 4.69) is 4.98 Å². The molecule has 1 aliphatic rings. The Bertz CT molecular complexity index is 633. The number of amides is 1. The Morgan fingerprint density at radius 3 is 3.00 bits per heavy atom. The maximum Gasteiger partial charge on any atom is 0.254 e. The molecule has 2 aromatic rings. The van der Waals surface area contributed by atoms with E-state index in [-0.39, 0.29) is 11.9 Å². The van der Waals surface area contributed by atoms with Crippen molar-refractivity contribution in [3.8, 4) is 0 Å². The molecule has 0 bridgehead atoms. The molecule has 1 saturated heterocycles. The number of nitrogens with zero attached hydrogens (tertiary/aromatic N) is 2. The number of para-hydroxylation sites is 1. The molecule has 0 aliphatic carbocycles. The van der Waals surface area contributed by atoms with Gasteiger partial charge < -0.3 is 10.6 Å². The first-order valence-electron chi connectivity index (χ1n) is 7.66. The SMILES string of the molecule is NCC[C@H]1CCCCN1C(=O)c1ccnc2ccccc12. The summed E-state index contributed by atoms with van der Waals surface area (Å²) < 4.78 is 0. The predicted molar refractivity (Wildman–Crippen MR) is 84.1 cm³/mol. The van der Waals surface area contributed by atoms with Gasteiger partial charge in [-0.25, -0.2) is 0 Å². The summed E-state index contributed by atoms with van der Waals surface area (Å²) in [7, 11) is 0. The topological polar surface area (TPSA) is 59.2 Å². The van der Waals surface area contributed by atoms with Crippen molar-refractivity contribution in [3.63, 3.8) is 0 Å². The maximum atomic E-state index is 13.0. The average molecular weight is 283 g/mol. The summed E-state index contributed by atoms with van der Waals surface area (Å²) in [5, 5.41) is 0.932. The maximum absolute atomic E-state index is 13.0. The van der Waals surface area contributed by atoms with Crippen LogP contribution in [0.15, 0.2) is 36.5 Å². The number of piperidine rings is 1. The molecule has 4 nitrogen and oxygen atoms in total. The van der Waals surface area contributed by atoms with Gasteiger partial charge in [0.2, 0.25) is 0 Å². The first-order chi connectivity index (χ1) is 10.3. The zero-order valence-electron chi connectivity index (χ0n) is 12.2. The standard InChI is InChI=1S/C17H21N3O/c18-10-8-13-5-3-4-12-20(13)17(21)15-9-11-19-16-7-2-1-6-14(15)16/h1-2,6-7,9,11,13H,3-5,8,10,12,18H2/t13-/m1/s1. The molecule has 0 spiro atoms. The number of carbonyl (C=O) groups is 1. The second-order valence-electron chi connectivity index (χ2n) is 5.60. The summed E-state index contributed by atoms with van der Waals surface area (Å²) in [6.45, 7) is 1.46. The van der Waals surface area contributed by atoms with Crippen molar-refractivity contribution < 1.29 is 4.79 Å². The molecular formula is C17H21N3O. The molecule has 1 aromatic carbocycles. The van der Waals surface area contributed by atoms with E-state index in [9.17, 15) is 4.79 Å². The highest BCUT2D eigenvalue weighted by Gasteiger charge is 2.27. The van der Waals surface area contributed by atoms with Crippen LogP contribution in [-0.4, -0.2) is 34.9 Å². The number of likely N-dealkylation sites (tertiary alicyclic amines) is 1. The summed E-state index contributed by atoms with van der Waals surface area (Å²) in [6, 6.07) is 9.93. The molecule has 21 heavy (non-hydrogen) atoms. The quantitative estimate of drug-likeness (QED) is 0.942. The van der Waals surface area contributed by atoms with Crippen LogP contribution < -0.4 is 5.73 Å². The Kier molecular flexibility index (Phi) is 4.15. The molecule has 1 amide bonds. The highest BCUT2D eigenvalue weighted by atomic mass is 16.2. The van der Waals surface area contributed by atoms with E-state index >= 15 is 0 Å². The van der Waals surface area contributed by atoms with Gasteiger partial charge in [0.1, 0.15) is 0 Å². The summed E-state index contributed by atoms with van der Waals surface area (Å²) in [4.78, 5) is 19.3. The Balaban J connectivity index is 1.95. The lowest BCUT2D eigenvalue weighted by molar-refractivity contribution is 0.0607. The monoisotopic (exact) mass is 283 g/mol. The molecule has 0 radical (unpaired) electrons. The van der Waals surface area contributed by atoms with E-state index in [1.165, 1.54) is 6.42 Å². The average Bonchev–Trinajstić information content (AvgIpc) is 2.54. The number of fused-ring (bicyclic) bond motifs is 1. The second kappa shape index (κ2) is 6.22. The highest BCUT2D eigenvalue weighted by molar-refractivity contribution is 6.06. The number of rotatable bonds is 3. The molecule has 0 saturated carbocycles. The zero-order chi connectivity index (χ0) is 14.7. The van der Waals surface area contributed by atoms with Crippen molar-refractivity contribution in [2.75, 3.05) is 13.1 Å². The Morgan fingerprint density at radius 2 is 2.14 bits per heavy atom. The van der Waals surface area contributed by atoms with E-state index in [0.717, 1.165) is 42.3 Å². The number of pyridine rings is 1. The lowest BCUT2D eigenvalue weighted by Gasteiger charge is -2.36. The lowest BCUT2D eigenvalue weighted by Crippen LogP contribution is -2.44. The third-order valence-corrected chi connectivity index (χ3v) is 4.27. The van der Waals surface area contributed by atoms with Gasteiger partial charge in [-0.05, 0) is 44.4 Å². The summed E-state index contributed by atoms with van der Waals surface area (Å²) in [6.07, 6.45) is 5.93. The molecular weight excluding hydrogens is 262 g/mol. The Labute approximate surface area is 125 Å². The highest BCUT2D eigenvalue weighted by Crippen LogP contribution is 2.24. The number of benzene rings is 1. The van der Waals surface area contributed by atoms with Crippen LogP contribution in [-0.2, 0) is 0 Å². The van der Waals surface area contributed by atoms with Crippen LogP contribution in [0.5, 0.6) is 0 Å². The predicted octanol–water partition coefficient (Wildman–Crippen LogP) is 2.58. The van der Waals surface area contributed by atoms with Gasteiger partial charge >= 0.3 is 0 Å². The van der Waals surface area contributed by atoms with Crippen LogP contribution in [0.3, 0.4) is 0 Å². The second-order valence-corrected chi connectivity index (χ2v) is 5.60. The summed E-state index contributed by atoms with van der Waals surface area (Å²) >= 11 is 0. The van der Waals surface area contributed by atoms with Crippen LogP contribution in [0.4, 0.5) is 0 Å². The van der Waals surface area contributed by atoms with Crippen LogP contribution in [0, 0.1) is 0 Å². The van der Waals surface area contributed by atoms with Crippen molar-refractivity contribution in [1.82, 2.24) is 9.88 Å². The van der Waals surface area contributed by atoms with Crippen molar-refractivity contribution in [1.29, 1.82) is 0 Å². The molecule has 110 valence electrons. The first-order valence-corrected chi connectivity index (χ1v) is 7.66. The Hall–Kier alpha value is -1.94. The van der Waals surface area contributed by atoms with E-state index < -0.39 is 0 Å². The minimum absolute atomic E-state index is 0.117. The van der Waals surface area contributed by atoms with E-state index in [1.807, 2.05) is 35.2 Å². The fourth-order valence-electron chi connectivity index (χ4n) is 3.20. The van der Waals surface area contributed by atoms with Gasteiger partial charge in [0, 0.05) is 24.2 Å². The smallest absolute Gasteiger partial charge is 0.254 e. The summed E-state index contributed by atoms with van der Waals surface area (Å²) in [5.74, 6) is 0.117. The fourth-order valence-corrected chi connectivity index (χ4v) is 3.20. The molecule has 2 heterocycles. The minimum Gasteiger partial charge on any atom is -0.336 e. The van der Waals surface area contributed by atoms with E-state index in [1.54, 1.807) is 6.20 Å². The molecule has 0 unspecified atom stereocenters. The molecule has 1 aromatic heterocycles. The van der Waals surface area contributed by atoms with Gasteiger partial charge in [-0.15, -0.1) is 0 Å². The van der Waals surface area contributed by atoms with Crippen LogP contribution >= 0.6 is 0 Å². The number of hydrogen-bond acceptors (Lipinski definition) is 3. The van der Waals surface area contributed by atoms with Crippen molar-refractivity contribution in [2.24, 2.45) is 5.73 Å². The van der Waals surface area contributed by atoms with E-state index in [0.29, 0.717) is 6.54 Å². The number of carbonyl (C=O) groups excluding carboxylic acids is 1. The third kappa shape index (κ3) is 2.76. The van der Waals surface area contributed by atoms with Crippen molar-refractivity contribution >= 4 is 16.8 Å². The van der Waals surface area contributed by atoms with E-state index in [4.69, 9.17) is 5.73 Å². The van der Waals surface area contributed by atoms with Gasteiger partial charge in [-0.3, -0.25) is 9.78 Å². The van der Waals surface area contributed by atoms with Gasteiger partial charge in [0.15, 0.2) is 0 Å². The molecule has 1 aliphatic heterocycles. The summed E-state index contributed by atoms with van der Waals surface area (Å²) in [5.41, 5.74) is 7.33. The molecule has 1 atom stereocenters. The van der Waals surface area contributed by atoms with Gasteiger partial charge in [-0.1, -0.05) is 18.2 Å². The zero-order valence-corrected chi connectivity index (χ0v) is 12.2. The molecule has 2 N–H and O–H groups in total. The largest absolute Gasteiger partial charge is 0.336 e. The van der Waals surface area contributed by atoms with Crippen molar-refractivity contribution in [3.05, 3.63) is 42.1 Å². The van der Waals surface area contributed by atoms with Gasteiger partial charge in [0.05, 0.1) is 11.1 Å². The van der Waals surface area contributed by atoms with Gasteiger partial charge in [0.25, 0.3) is 5.91 Å². The number of nitrogens with two attached hydrogens (primary N) is 1. The Morgan fingerprint density at radius 1 is 1.29 bits per heavy atom. The molecule has 1 fully saturated rings. The molecule has 4 heteroatoms. The lowest BCUT2D eigenvalue weighted by atomic mass is 9.97. The van der Waals surface area contributed by atoms with Crippen LogP contribution in [0.25, 0.3) is 10.9 Å². The fraction of sp³-hybridized carbons (Fsp3) is 0.412. The number of aromatic nitrogens is 1. The molecule has 3 rings (SSSR count). The normalized spacial score (nSPS) is 18.9. The number of hydrogen-bond donors (Lipinski definition) is 1. The van der Waals surface area contributed by atoms with Crippen LogP contribution in [0.1, 0.15) is 36.0 Å². The minimum atomic E-state index is 0.117.